The smallest absolute Gasteiger partial charge is 0.155 e. The lowest BCUT2D eigenvalue weighted by atomic mass is 9.47. The van der Waals surface area contributed by atoms with Gasteiger partial charge in [-0.05, 0) is 125 Å². The molecule has 0 amide bonds. The molecule has 3 fully saturated rings. The number of ketones is 1. The maximum Gasteiger partial charge on any atom is 0.155 e. The Labute approximate surface area is 196 Å². The number of carbonyl (C=O) groups is 1. The standard InChI is InChI=1S/C29H48O3/c1-19(11-14-27(3,4)31)24-9-10-25-23-8-7-21-17-22(32-18-20(2)30)12-15-28(21,5)26(23)13-16-29(24,25)6/h7,19,22-26,31H,8-18H2,1-6H3/t19-,22+,23+,24-,25+,26+,28+,29-/m1/s1. The molecule has 0 aromatic heterocycles. The Morgan fingerprint density at radius 2 is 1.94 bits per heavy atom. The first-order chi connectivity index (χ1) is 14.9. The van der Waals surface area contributed by atoms with Gasteiger partial charge < -0.3 is 9.84 Å². The fraction of sp³-hybridized carbons (Fsp3) is 0.897. The number of Topliss-reactive ketones (excluding diaryl/α,β-unsaturated/α-hetero) is 1. The monoisotopic (exact) mass is 444 g/mol. The Bertz CT molecular complexity index is 733. The molecule has 0 aromatic rings. The van der Waals surface area contributed by atoms with Crippen molar-refractivity contribution in [2.45, 2.75) is 117 Å². The van der Waals surface area contributed by atoms with E-state index in [1.165, 1.54) is 38.5 Å². The minimum atomic E-state index is -0.545. The predicted octanol–water partition coefficient (Wildman–Crippen LogP) is 6.73. The van der Waals surface area contributed by atoms with Gasteiger partial charge in [0.25, 0.3) is 0 Å². The molecule has 4 aliphatic carbocycles. The van der Waals surface area contributed by atoms with E-state index < -0.39 is 5.60 Å². The summed E-state index contributed by atoms with van der Waals surface area (Å²) in [5.74, 6) is 4.16. The molecule has 0 heterocycles. The second-order valence-corrected chi connectivity index (χ2v) is 13.2. The van der Waals surface area contributed by atoms with Crippen molar-refractivity contribution in [3.05, 3.63) is 11.6 Å². The normalized spacial score (nSPS) is 42.5. The van der Waals surface area contributed by atoms with E-state index in [-0.39, 0.29) is 18.5 Å². The van der Waals surface area contributed by atoms with E-state index in [1.54, 1.807) is 12.5 Å². The highest BCUT2D eigenvalue weighted by molar-refractivity contribution is 5.76. The van der Waals surface area contributed by atoms with E-state index in [9.17, 15) is 9.90 Å². The van der Waals surface area contributed by atoms with Crippen molar-refractivity contribution in [1.82, 2.24) is 0 Å². The third-order valence-electron chi connectivity index (χ3n) is 10.6. The summed E-state index contributed by atoms with van der Waals surface area (Å²) in [4.78, 5) is 11.4. The van der Waals surface area contributed by atoms with Crippen LogP contribution in [0.3, 0.4) is 0 Å². The van der Waals surface area contributed by atoms with Gasteiger partial charge in [-0.15, -0.1) is 0 Å². The SMILES string of the molecule is CC(=O)CO[C@H]1CC[C@@]2(C)C(=CC[C@H]3[C@@H]4CC[C@H]([C@H](C)CCC(C)(C)O)[C@@]4(C)CC[C@@H]32)C1. The summed E-state index contributed by atoms with van der Waals surface area (Å²) < 4.78 is 5.94. The second-order valence-electron chi connectivity index (χ2n) is 13.2. The van der Waals surface area contributed by atoms with Gasteiger partial charge in [0.1, 0.15) is 6.61 Å². The molecule has 3 heteroatoms. The molecule has 0 saturated heterocycles. The van der Waals surface area contributed by atoms with Crippen molar-refractivity contribution in [2.75, 3.05) is 6.61 Å². The number of allylic oxidation sites excluding steroid dienone is 1. The molecule has 1 N–H and O–H groups in total. The predicted molar refractivity (Wildman–Crippen MR) is 130 cm³/mol. The minimum absolute atomic E-state index is 0.134. The van der Waals surface area contributed by atoms with E-state index >= 15 is 0 Å². The highest BCUT2D eigenvalue weighted by Crippen LogP contribution is 2.67. The largest absolute Gasteiger partial charge is 0.390 e. The Kier molecular flexibility index (Phi) is 6.75. The second kappa shape index (κ2) is 8.84. The lowest BCUT2D eigenvalue weighted by molar-refractivity contribution is -0.124. The molecule has 0 aliphatic heterocycles. The average molecular weight is 445 g/mol. The summed E-state index contributed by atoms with van der Waals surface area (Å²) in [6.45, 7) is 13.4. The van der Waals surface area contributed by atoms with Gasteiger partial charge in [0.15, 0.2) is 5.78 Å². The van der Waals surface area contributed by atoms with Gasteiger partial charge in [0, 0.05) is 0 Å². The summed E-state index contributed by atoms with van der Waals surface area (Å²) in [7, 11) is 0. The first kappa shape index (κ1) is 24.5. The van der Waals surface area contributed by atoms with Crippen molar-refractivity contribution >= 4 is 5.78 Å². The number of ether oxygens (including phenoxy) is 1. The van der Waals surface area contributed by atoms with Crippen LogP contribution in [0.2, 0.25) is 0 Å². The number of hydrogen-bond acceptors (Lipinski definition) is 3. The van der Waals surface area contributed by atoms with Crippen molar-refractivity contribution in [1.29, 1.82) is 0 Å². The molecular weight excluding hydrogens is 396 g/mol. The molecule has 0 bridgehead atoms. The van der Waals surface area contributed by atoms with Crippen molar-refractivity contribution in [2.24, 2.45) is 40.4 Å². The molecule has 0 unspecified atom stereocenters. The fourth-order valence-electron chi connectivity index (χ4n) is 8.76. The number of aliphatic hydroxyl groups is 1. The minimum Gasteiger partial charge on any atom is -0.390 e. The summed E-state index contributed by atoms with van der Waals surface area (Å²) in [5, 5.41) is 10.2. The Hall–Kier alpha value is -0.670. The zero-order valence-electron chi connectivity index (χ0n) is 21.6. The lowest BCUT2D eigenvalue weighted by Crippen LogP contribution is -2.51. The van der Waals surface area contributed by atoms with Gasteiger partial charge in [-0.1, -0.05) is 32.4 Å². The van der Waals surface area contributed by atoms with Gasteiger partial charge in [-0.3, -0.25) is 4.79 Å². The van der Waals surface area contributed by atoms with Crippen LogP contribution in [0.1, 0.15) is 106 Å². The number of rotatable bonds is 7. The van der Waals surface area contributed by atoms with E-state index in [2.05, 4.69) is 26.8 Å². The molecule has 0 radical (unpaired) electrons. The van der Waals surface area contributed by atoms with Crippen LogP contribution in [-0.4, -0.2) is 29.2 Å². The molecule has 4 rings (SSSR count). The number of carbonyl (C=O) groups excluding carboxylic acids is 1. The van der Waals surface area contributed by atoms with Crippen LogP contribution in [0.4, 0.5) is 0 Å². The summed E-state index contributed by atoms with van der Waals surface area (Å²) in [5.41, 5.74) is 1.90. The maximum atomic E-state index is 11.4. The lowest BCUT2D eigenvalue weighted by Gasteiger charge is -2.58. The fourth-order valence-corrected chi connectivity index (χ4v) is 8.76. The zero-order chi connectivity index (χ0) is 23.3. The summed E-state index contributed by atoms with van der Waals surface area (Å²) in [6.07, 6.45) is 15.0. The first-order valence-corrected chi connectivity index (χ1v) is 13.5. The number of hydrogen-bond donors (Lipinski definition) is 1. The summed E-state index contributed by atoms with van der Waals surface area (Å²) >= 11 is 0. The van der Waals surface area contributed by atoms with Crippen LogP contribution < -0.4 is 0 Å². The quantitative estimate of drug-likeness (QED) is 0.443. The van der Waals surface area contributed by atoms with E-state index in [4.69, 9.17) is 4.74 Å². The molecule has 0 spiro atoms. The van der Waals surface area contributed by atoms with Gasteiger partial charge >= 0.3 is 0 Å². The van der Waals surface area contributed by atoms with Gasteiger partial charge in [-0.2, -0.15) is 0 Å². The number of fused-ring (bicyclic) bond motifs is 5. The van der Waals surface area contributed by atoms with E-state index in [1.807, 2.05) is 13.8 Å². The topological polar surface area (TPSA) is 46.5 Å². The van der Waals surface area contributed by atoms with Gasteiger partial charge in [0.05, 0.1) is 11.7 Å². The average Bonchev–Trinajstić information content (AvgIpc) is 3.07. The van der Waals surface area contributed by atoms with Crippen molar-refractivity contribution in [3.8, 4) is 0 Å². The maximum absolute atomic E-state index is 11.4. The zero-order valence-corrected chi connectivity index (χ0v) is 21.6. The van der Waals surface area contributed by atoms with Crippen LogP contribution in [0.25, 0.3) is 0 Å². The van der Waals surface area contributed by atoms with Crippen LogP contribution in [0.5, 0.6) is 0 Å². The Balaban J connectivity index is 1.46. The van der Waals surface area contributed by atoms with Crippen molar-refractivity contribution < 1.29 is 14.6 Å². The van der Waals surface area contributed by atoms with Crippen LogP contribution >= 0.6 is 0 Å². The third-order valence-corrected chi connectivity index (χ3v) is 10.6. The van der Waals surface area contributed by atoms with Crippen LogP contribution in [-0.2, 0) is 9.53 Å². The van der Waals surface area contributed by atoms with Crippen LogP contribution in [0.15, 0.2) is 11.6 Å². The first-order valence-electron chi connectivity index (χ1n) is 13.5. The molecule has 3 nitrogen and oxygen atoms in total. The molecule has 182 valence electrons. The highest BCUT2D eigenvalue weighted by Gasteiger charge is 2.59. The van der Waals surface area contributed by atoms with Gasteiger partial charge in [-0.25, -0.2) is 0 Å². The molecule has 8 atom stereocenters. The van der Waals surface area contributed by atoms with Gasteiger partial charge in [0.2, 0.25) is 0 Å². The highest BCUT2D eigenvalue weighted by atomic mass is 16.5. The Morgan fingerprint density at radius 3 is 2.62 bits per heavy atom. The molecule has 32 heavy (non-hydrogen) atoms. The van der Waals surface area contributed by atoms with Crippen molar-refractivity contribution in [3.63, 3.8) is 0 Å². The molecular formula is C29H48O3. The molecule has 0 aromatic carbocycles. The van der Waals surface area contributed by atoms with E-state index in [0.29, 0.717) is 16.7 Å². The van der Waals surface area contributed by atoms with E-state index in [0.717, 1.165) is 49.4 Å². The molecule has 3 saturated carbocycles. The van der Waals surface area contributed by atoms with Crippen LogP contribution in [0, 0.1) is 40.4 Å². The summed E-state index contributed by atoms with van der Waals surface area (Å²) in [6, 6.07) is 0. The Morgan fingerprint density at radius 1 is 1.19 bits per heavy atom. The molecule has 4 aliphatic rings. The third kappa shape index (κ3) is 4.50.